The van der Waals surface area contributed by atoms with Crippen molar-refractivity contribution in [1.29, 1.82) is 0 Å². The molecule has 0 spiro atoms. The van der Waals surface area contributed by atoms with E-state index >= 15 is 0 Å². The molecule has 1 aromatic carbocycles. The molecule has 0 aliphatic heterocycles. The zero-order valence-corrected chi connectivity index (χ0v) is 11.5. The number of benzene rings is 1. The van der Waals surface area contributed by atoms with Gasteiger partial charge in [0.05, 0.1) is 12.7 Å². The van der Waals surface area contributed by atoms with Crippen LogP contribution in [0.4, 0.5) is 0 Å². The highest BCUT2D eigenvalue weighted by Gasteiger charge is 2.17. The van der Waals surface area contributed by atoms with Gasteiger partial charge in [0, 0.05) is 18.5 Å². The summed E-state index contributed by atoms with van der Waals surface area (Å²) < 4.78 is 10.6. The van der Waals surface area contributed by atoms with E-state index in [1.165, 1.54) is 0 Å². The summed E-state index contributed by atoms with van der Waals surface area (Å²) >= 11 is 0. The number of carbonyl (C=O) groups excluding carboxylic acids is 1. The molecule has 0 saturated carbocycles. The highest BCUT2D eigenvalue weighted by atomic mass is 16.5. The van der Waals surface area contributed by atoms with Crippen molar-refractivity contribution < 1.29 is 13.9 Å². The SMILES string of the molecule is CC.CNC(=O)c1c(C)oc2cc(OC)ccc12. The van der Waals surface area contributed by atoms with Crippen LogP contribution in [0.3, 0.4) is 0 Å². The lowest BCUT2D eigenvalue weighted by Crippen LogP contribution is -2.18. The minimum absolute atomic E-state index is 0.138. The summed E-state index contributed by atoms with van der Waals surface area (Å²) in [5, 5.41) is 3.40. The molecule has 2 aromatic rings. The molecule has 1 N–H and O–H groups in total. The normalized spacial score (nSPS) is 9.61. The third kappa shape index (κ3) is 2.47. The van der Waals surface area contributed by atoms with Gasteiger partial charge < -0.3 is 14.5 Å². The van der Waals surface area contributed by atoms with E-state index in [4.69, 9.17) is 9.15 Å². The Hall–Kier alpha value is -1.97. The van der Waals surface area contributed by atoms with Crippen molar-refractivity contribution in [1.82, 2.24) is 5.32 Å². The highest BCUT2D eigenvalue weighted by Crippen LogP contribution is 2.28. The number of aryl methyl sites for hydroxylation is 1. The fraction of sp³-hybridized carbons (Fsp3) is 0.357. The Morgan fingerprint density at radius 3 is 2.56 bits per heavy atom. The topological polar surface area (TPSA) is 51.5 Å². The van der Waals surface area contributed by atoms with Crippen LogP contribution in [0.2, 0.25) is 0 Å². The number of carbonyl (C=O) groups is 1. The molecule has 1 aromatic heterocycles. The minimum Gasteiger partial charge on any atom is -0.497 e. The van der Waals surface area contributed by atoms with E-state index in [0.717, 1.165) is 5.39 Å². The van der Waals surface area contributed by atoms with Gasteiger partial charge in [0.25, 0.3) is 5.91 Å². The quantitative estimate of drug-likeness (QED) is 0.889. The average molecular weight is 249 g/mol. The van der Waals surface area contributed by atoms with Crippen molar-refractivity contribution in [2.45, 2.75) is 20.8 Å². The monoisotopic (exact) mass is 249 g/mol. The van der Waals surface area contributed by atoms with Crippen molar-refractivity contribution in [3.8, 4) is 5.75 Å². The first-order valence-corrected chi connectivity index (χ1v) is 5.96. The van der Waals surface area contributed by atoms with Crippen LogP contribution in [-0.4, -0.2) is 20.1 Å². The van der Waals surface area contributed by atoms with Crippen LogP contribution in [0.5, 0.6) is 5.75 Å². The van der Waals surface area contributed by atoms with Crippen molar-refractivity contribution in [2.75, 3.05) is 14.2 Å². The first-order valence-electron chi connectivity index (χ1n) is 5.96. The van der Waals surface area contributed by atoms with Gasteiger partial charge in [0.2, 0.25) is 0 Å². The predicted octanol–water partition coefficient (Wildman–Crippen LogP) is 3.14. The van der Waals surface area contributed by atoms with Gasteiger partial charge in [-0.15, -0.1) is 0 Å². The van der Waals surface area contributed by atoms with Gasteiger partial charge in [-0.05, 0) is 19.1 Å². The predicted molar refractivity (Wildman–Crippen MR) is 72.2 cm³/mol. The summed E-state index contributed by atoms with van der Waals surface area (Å²) in [5.41, 5.74) is 1.25. The molecule has 1 amide bonds. The number of hydrogen-bond acceptors (Lipinski definition) is 3. The number of furan rings is 1. The lowest BCUT2D eigenvalue weighted by Gasteiger charge is -1.99. The molecule has 0 aliphatic rings. The van der Waals surface area contributed by atoms with Gasteiger partial charge >= 0.3 is 0 Å². The molecule has 0 radical (unpaired) electrons. The van der Waals surface area contributed by atoms with Crippen LogP contribution in [0.15, 0.2) is 22.6 Å². The van der Waals surface area contributed by atoms with E-state index in [1.807, 2.05) is 26.0 Å². The third-order valence-electron chi connectivity index (χ3n) is 2.53. The molecule has 0 atom stereocenters. The second kappa shape index (κ2) is 6.10. The zero-order valence-electron chi connectivity index (χ0n) is 11.5. The highest BCUT2D eigenvalue weighted by molar-refractivity contribution is 6.07. The molecule has 0 bridgehead atoms. The second-order valence-electron chi connectivity index (χ2n) is 3.47. The van der Waals surface area contributed by atoms with Gasteiger partial charge in [-0.3, -0.25) is 4.79 Å². The maximum absolute atomic E-state index is 11.7. The van der Waals surface area contributed by atoms with Crippen molar-refractivity contribution >= 4 is 16.9 Å². The number of methoxy groups -OCH3 is 1. The number of nitrogens with one attached hydrogen (secondary N) is 1. The van der Waals surface area contributed by atoms with Crippen molar-refractivity contribution in [3.05, 3.63) is 29.5 Å². The molecule has 4 heteroatoms. The largest absolute Gasteiger partial charge is 0.497 e. The fourth-order valence-corrected chi connectivity index (χ4v) is 1.73. The second-order valence-corrected chi connectivity index (χ2v) is 3.47. The molecule has 98 valence electrons. The Kier molecular flexibility index (Phi) is 4.77. The van der Waals surface area contributed by atoms with E-state index in [1.54, 1.807) is 27.1 Å². The third-order valence-corrected chi connectivity index (χ3v) is 2.53. The molecule has 4 nitrogen and oxygen atoms in total. The number of amides is 1. The Labute approximate surface area is 107 Å². The summed E-state index contributed by atoms with van der Waals surface area (Å²) in [7, 11) is 3.20. The first kappa shape index (κ1) is 14.1. The Morgan fingerprint density at radius 2 is 2.00 bits per heavy atom. The van der Waals surface area contributed by atoms with E-state index in [2.05, 4.69) is 5.32 Å². The number of rotatable bonds is 2. The summed E-state index contributed by atoms with van der Waals surface area (Å²) in [6.07, 6.45) is 0. The molecule has 0 aliphatic carbocycles. The smallest absolute Gasteiger partial charge is 0.255 e. The van der Waals surface area contributed by atoms with Crippen LogP contribution in [0, 0.1) is 6.92 Å². The van der Waals surface area contributed by atoms with Crippen LogP contribution in [-0.2, 0) is 0 Å². The zero-order chi connectivity index (χ0) is 13.7. The first-order chi connectivity index (χ1) is 8.67. The summed E-state index contributed by atoms with van der Waals surface area (Å²) in [5.74, 6) is 1.19. The van der Waals surface area contributed by atoms with E-state index in [-0.39, 0.29) is 5.91 Å². The summed E-state index contributed by atoms with van der Waals surface area (Å²) in [4.78, 5) is 11.7. The number of ether oxygens (including phenoxy) is 1. The Balaban J connectivity index is 0.000000771. The van der Waals surface area contributed by atoms with Gasteiger partial charge in [-0.1, -0.05) is 13.8 Å². The molecule has 0 unspecified atom stereocenters. The molecule has 0 saturated heterocycles. The Bertz CT molecular complexity index is 543. The van der Waals surface area contributed by atoms with E-state index in [9.17, 15) is 4.79 Å². The molecule has 1 heterocycles. The molecule has 0 fully saturated rings. The number of hydrogen-bond donors (Lipinski definition) is 1. The van der Waals surface area contributed by atoms with E-state index < -0.39 is 0 Å². The lowest BCUT2D eigenvalue weighted by molar-refractivity contribution is 0.0963. The maximum atomic E-state index is 11.7. The van der Waals surface area contributed by atoms with Crippen LogP contribution >= 0.6 is 0 Å². The van der Waals surface area contributed by atoms with Crippen molar-refractivity contribution in [2.24, 2.45) is 0 Å². The van der Waals surface area contributed by atoms with Crippen LogP contribution in [0.25, 0.3) is 11.0 Å². The average Bonchev–Trinajstić information content (AvgIpc) is 2.74. The minimum atomic E-state index is -0.138. The summed E-state index contributed by atoms with van der Waals surface area (Å²) in [6, 6.07) is 5.41. The molecular weight excluding hydrogens is 230 g/mol. The lowest BCUT2D eigenvalue weighted by atomic mass is 10.1. The number of fused-ring (bicyclic) bond motifs is 1. The molecular formula is C14H19NO3. The molecule has 2 rings (SSSR count). The fourth-order valence-electron chi connectivity index (χ4n) is 1.73. The van der Waals surface area contributed by atoms with Gasteiger partial charge in [-0.25, -0.2) is 0 Å². The van der Waals surface area contributed by atoms with Gasteiger partial charge in [0.15, 0.2) is 0 Å². The standard InChI is InChI=1S/C12H13NO3.C2H6/c1-7-11(12(14)13-2)9-5-4-8(15-3)6-10(9)16-7;1-2/h4-6H,1-3H3,(H,13,14);1-2H3. The molecule has 18 heavy (non-hydrogen) atoms. The maximum Gasteiger partial charge on any atom is 0.255 e. The van der Waals surface area contributed by atoms with Crippen LogP contribution in [0.1, 0.15) is 30.0 Å². The van der Waals surface area contributed by atoms with Gasteiger partial charge in [-0.2, -0.15) is 0 Å². The van der Waals surface area contributed by atoms with Crippen molar-refractivity contribution in [3.63, 3.8) is 0 Å². The Morgan fingerprint density at radius 1 is 1.33 bits per heavy atom. The van der Waals surface area contributed by atoms with E-state index in [0.29, 0.717) is 22.7 Å². The van der Waals surface area contributed by atoms with Gasteiger partial charge in [0.1, 0.15) is 17.1 Å². The summed E-state index contributed by atoms with van der Waals surface area (Å²) in [6.45, 7) is 5.77. The van der Waals surface area contributed by atoms with Crippen LogP contribution < -0.4 is 10.1 Å².